The van der Waals surface area contributed by atoms with Crippen molar-refractivity contribution in [1.82, 2.24) is 4.57 Å². The predicted octanol–water partition coefficient (Wildman–Crippen LogP) is 5.97. The highest BCUT2D eigenvalue weighted by atomic mass is 79.9. The van der Waals surface area contributed by atoms with Crippen molar-refractivity contribution in [3.8, 4) is 11.4 Å². The number of ether oxygens (including phenoxy) is 1. The van der Waals surface area contributed by atoms with Crippen LogP contribution in [0.15, 0.2) is 89.5 Å². The van der Waals surface area contributed by atoms with E-state index in [9.17, 15) is 0 Å². The Morgan fingerprint density at radius 2 is 1.62 bits per heavy atom. The number of hydrogen-bond donors (Lipinski definition) is 0. The summed E-state index contributed by atoms with van der Waals surface area (Å²) in [6.45, 7) is 0.558. The van der Waals surface area contributed by atoms with Crippen molar-refractivity contribution < 1.29 is 4.74 Å². The van der Waals surface area contributed by atoms with E-state index in [0.29, 0.717) is 6.61 Å². The molecule has 3 aromatic carbocycles. The molecular formula is C21H16BrNO. The average molecular weight is 378 g/mol. The van der Waals surface area contributed by atoms with Gasteiger partial charge < -0.3 is 9.30 Å². The van der Waals surface area contributed by atoms with Crippen LogP contribution >= 0.6 is 15.9 Å². The third-order valence-electron chi connectivity index (χ3n) is 4.01. The molecule has 118 valence electrons. The number of halogens is 1. The Morgan fingerprint density at radius 3 is 2.50 bits per heavy atom. The Hall–Kier alpha value is -2.52. The van der Waals surface area contributed by atoms with Crippen LogP contribution in [-0.4, -0.2) is 4.57 Å². The molecule has 0 radical (unpaired) electrons. The standard InChI is InChI=1S/C21H16BrNO/c22-18-10-11-19-17(14-18)12-13-23(19)20-8-4-5-9-21(20)24-15-16-6-2-1-3-7-16/h1-14H,15H2. The van der Waals surface area contributed by atoms with Gasteiger partial charge in [0.05, 0.1) is 11.2 Å². The van der Waals surface area contributed by atoms with Gasteiger partial charge in [-0.15, -0.1) is 0 Å². The Kier molecular flexibility index (Phi) is 4.09. The predicted molar refractivity (Wildman–Crippen MR) is 102 cm³/mol. The van der Waals surface area contributed by atoms with Crippen LogP contribution in [0.2, 0.25) is 0 Å². The second kappa shape index (κ2) is 6.54. The molecule has 4 aromatic rings. The Balaban J connectivity index is 1.70. The maximum absolute atomic E-state index is 6.09. The van der Waals surface area contributed by atoms with Gasteiger partial charge in [0.15, 0.2) is 0 Å². The Labute approximate surface area is 149 Å². The molecule has 0 aliphatic rings. The highest BCUT2D eigenvalue weighted by molar-refractivity contribution is 9.10. The van der Waals surface area contributed by atoms with E-state index in [0.717, 1.165) is 27.0 Å². The van der Waals surface area contributed by atoms with Gasteiger partial charge in [-0.25, -0.2) is 0 Å². The van der Waals surface area contributed by atoms with E-state index in [1.165, 1.54) is 5.39 Å². The average Bonchev–Trinajstić information content (AvgIpc) is 3.04. The van der Waals surface area contributed by atoms with Crippen molar-refractivity contribution in [1.29, 1.82) is 0 Å². The summed E-state index contributed by atoms with van der Waals surface area (Å²) in [5.41, 5.74) is 3.37. The molecule has 0 saturated heterocycles. The maximum atomic E-state index is 6.09. The van der Waals surface area contributed by atoms with E-state index in [2.05, 4.69) is 69.2 Å². The van der Waals surface area contributed by atoms with Gasteiger partial charge in [-0.1, -0.05) is 58.4 Å². The molecule has 4 rings (SSSR count). The summed E-state index contributed by atoms with van der Waals surface area (Å²) in [7, 11) is 0. The monoisotopic (exact) mass is 377 g/mol. The van der Waals surface area contributed by atoms with Gasteiger partial charge in [0.25, 0.3) is 0 Å². The smallest absolute Gasteiger partial charge is 0.143 e. The van der Waals surface area contributed by atoms with Crippen LogP contribution < -0.4 is 4.74 Å². The van der Waals surface area contributed by atoms with Gasteiger partial charge >= 0.3 is 0 Å². The first-order chi connectivity index (χ1) is 11.8. The number of benzene rings is 3. The lowest BCUT2D eigenvalue weighted by atomic mass is 10.2. The normalized spacial score (nSPS) is 10.9. The molecule has 1 heterocycles. The van der Waals surface area contributed by atoms with Gasteiger partial charge in [0, 0.05) is 16.1 Å². The molecule has 0 aliphatic heterocycles. The zero-order valence-electron chi connectivity index (χ0n) is 13.0. The lowest BCUT2D eigenvalue weighted by Crippen LogP contribution is -2.00. The highest BCUT2D eigenvalue weighted by Gasteiger charge is 2.09. The van der Waals surface area contributed by atoms with Crippen LogP contribution in [0, 0.1) is 0 Å². The molecule has 0 atom stereocenters. The SMILES string of the molecule is Brc1ccc2c(ccn2-c2ccccc2OCc2ccccc2)c1. The molecule has 2 nitrogen and oxygen atoms in total. The van der Waals surface area contributed by atoms with Crippen molar-refractivity contribution in [2.75, 3.05) is 0 Å². The van der Waals surface area contributed by atoms with Crippen LogP contribution in [0.5, 0.6) is 5.75 Å². The van der Waals surface area contributed by atoms with Gasteiger partial charge in [0.1, 0.15) is 12.4 Å². The van der Waals surface area contributed by atoms with Crippen molar-refractivity contribution in [3.05, 3.63) is 95.1 Å². The summed E-state index contributed by atoms with van der Waals surface area (Å²) in [6.07, 6.45) is 2.09. The number of nitrogens with zero attached hydrogens (tertiary/aromatic N) is 1. The van der Waals surface area contributed by atoms with Crippen LogP contribution in [-0.2, 0) is 6.61 Å². The summed E-state index contributed by atoms with van der Waals surface area (Å²) < 4.78 is 9.34. The molecule has 0 fully saturated rings. The topological polar surface area (TPSA) is 14.2 Å². The molecule has 0 amide bonds. The third kappa shape index (κ3) is 2.95. The summed E-state index contributed by atoms with van der Waals surface area (Å²) in [5, 5.41) is 1.20. The summed E-state index contributed by atoms with van der Waals surface area (Å²) in [5.74, 6) is 0.877. The first kappa shape index (κ1) is 15.0. The van der Waals surface area contributed by atoms with Crippen LogP contribution in [0.25, 0.3) is 16.6 Å². The van der Waals surface area contributed by atoms with E-state index < -0.39 is 0 Å². The quantitative estimate of drug-likeness (QED) is 0.427. The summed E-state index contributed by atoms with van der Waals surface area (Å²) >= 11 is 3.53. The molecule has 0 bridgehead atoms. The fraction of sp³-hybridized carbons (Fsp3) is 0.0476. The maximum Gasteiger partial charge on any atom is 0.143 e. The van der Waals surface area contributed by atoms with Crippen molar-refractivity contribution >= 4 is 26.8 Å². The molecule has 0 aliphatic carbocycles. The minimum atomic E-state index is 0.558. The van der Waals surface area contributed by atoms with E-state index in [4.69, 9.17) is 4.74 Å². The first-order valence-corrected chi connectivity index (χ1v) is 8.63. The fourth-order valence-corrected chi connectivity index (χ4v) is 3.22. The molecule has 1 aromatic heterocycles. The number of fused-ring (bicyclic) bond motifs is 1. The third-order valence-corrected chi connectivity index (χ3v) is 4.51. The minimum absolute atomic E-state index is 0.558. The Morgan fingerprint density at radius 1 is 0.833 bits per heavy atom. The zero-order valence-corrected chi connectivity index (χ0v) is 14.6. The van der Waals surface area contributed by atoms with Gasteiger partial charge in [0.2, 0.25) is 0 Å². The molecule has 0 unspecified atom stereocenters. The van der Waals surface area contributed by atoms with Crippen LogP contribution in [0.3, 0.4) is 0 Å². The van der Waals surface area contributed by atoms with Crippen molar-refractivity contribution in [3.63, 3.8) is 0 Å². The fourth-order valence-electron chi connectivity index (χ4n) is 2.84. The minimum Gasteiger partial charge on any atom is -0.487 e. The second-order valence-corrected chi connectivity index (χ2v) is 6.55. The van der Waals surface area contributed by atoms with Crippen LogP contribution in [0.1, 0.15) is 5.56 Å². The van der Waals surface area contributed by atoms with Gasteiger partial charge in [-0.05, 0) is 42.0 Å². The van der Waals surface area contributed by atoms with E-state index in [-0.39, 0.29) is 0 Å². The first-order valence-electron chi connectivity index (χ1n) is 7.84. The number of rotatable bonds is 4. The van der Waals surface area contributed by atoms with E-state index >= 15 is 0 Å². The van der Waals surface area contributed by atoms with Crippen molar-refractivity contribution in [2.45, 2.75) is 6.61 Å². The molecule has 3 heteroatoms. The highest BCUT2D eigenvalue weighted by Crippen LogP contribution is 2.29. The number of aromatic nitrogens is 1. The lowest BCUT2D eigenvalue weighted by Gasteiger charge is -2.13. The largest absolute Gasteiger partial charge is 0.487 e. The molecule has 0 N–H and O–H groups in total. The molecular weight excluding hydrogens is 362 g/mol. The van der Waals surface area contributed by atoms with E-state index in [1.807, 2.05) is 36.4 Å². The second-order valence-electron chi connectivity index (χ2n) is 5.63. The van der Waals surface area contributed by atoms with Crippen molar-refractivity contribution in [2.24, 2.45) is 0 Å². The summed E-state index contributed by atoms with van der Waals surface area (Å²) in [6, 6.07) is 26.8. The lowest BCUT2D eigenvalue weighted by molar-refractivity contribution is 0.305. The molecule has 0 spiro atoms. The number of hydrogen-bond acceptors (Lipinski definition) is 1. The zero-order chi connectivity index (χ0) is 16.4. The van der Waals surface area contributed by atoms with Gasteiger partial charge in [-0.2, -0.15) is 0 Å². The van der Waals surface area contributed by atoms with Crippen LogP contribution in [0.4, 0.5) is 0 Å². The number of para-hydroxylation sites is 2. The molecule has 24 heavy (non-hydrogen) atoms. The molecule has 0 saturated carbocycles. The van der Waals surface area contributed by atoms with Gasteiger partial charge in [-0.3, -0.25) is 0 Å². The summed E-state index contributed by atoms with van der Waals surface area (Å²) in [4.78, 5) is 0. The van der Waals surface area contributed by atoms with E-state index in [1.54, 1.807) is 0 Å². The Bertz CT molecular complexity index is 975.